The molecule has 0 radical (unpaired) electrons. The van der Waals surface area contributed by atoms with E-state index >= 15 is 0 Å². The van der Waals surface area contributed by atoms with Gasteiger partial charge in [0.2, 0.25) is 0 Å². The smallest absolute Gasteiger partial charge is 0.317 e. The number of imide groups is 2. The maximum atomic E-state index is 13.1. The first-order valence-corrected chi connectivity index (χ1v) is 9.73. The van der Waals surface area contributed by atoms with Crippen molar-refractivity contribution in [1.82, 2.24) is 9.88 Å². The summed E-state index contributed by atoms with van der Waals surface area (Å²) < 4.78 is 1.86. The molecule has 0 atom stereocenters. The van der Waals surface area contributed by atoms with E-state index in [2.05, 4.69) is 5.32 Å². The number of para-hydroxylation sites is 1. The number of amides is 4. The Morgan fingerprint density at radius 3 is 2.40 bits per heavy atom. The van der Waals surface area contributed by atoms with Crippen molar-refractivity contribution in [3.63, 3.8) is 0 Å². The summed E-state index contributed by atoms with van der Waals surface area (Å²) >= 11 is 12.2. The Bertz CT molecular complexity index is 1230. The Kier molecular flexibility index (Phi) is 5.20. The molecule has 150 valence electrons. The minimum absolute atomic E-state index is 0.0413. The first-order chi connectivity index (χ1) is 14.4. The van der Waals surface area contributed by atoms with Crippen LogP contribution >= 0.6 is 23.2 Å². The van der Waals surface area contributed by atoms with Crippen molar-refractivity contribution < 1.29 is 14.4 Å². The molecule has 4 rings (SSSR count). The van der Waals surface area contributed by atoms with E-state index in [9.17, 15) is 14.4 Å². The van der Waals surface area contributed by atoms with E-state index in [4.69, 9.17) is 23.2 Å². The van der Waals surface area contributed by atoms with E-state index in [0.29, 0.717) is 5.69 Å². The molecule has 0 saturated carbocycles. The molecule has 0 unspecified atom stereocenters. The number of hydrogen-bond donors (Lipinski definition) is 1. The van der Waals surface area contributed by atoms with E-state index in [1.165, 1.54) is 18.2 Å². The monoisotopic (exact) mass is 439 g/mol. The van der Waals surface area contributed by atoms with Crippen molar-refractivity contribution in [2.75, 3.05) is 4.90 Å². The molecule has 1 aromatic heterocycles. The number of urea groups is 1. The van der Waals surface area contributed by atoms with Gasteiger partial charge in [-0.2, -0.15) is 0 Å². The third-order valence-corrected chi connectivity index (χ3v) is 5.53. The van der Waals surface area contributed by atoms with Gasteiger partial charge in [-0.05, 0) is 48.9 Å². The van der Waals surface area contributed by atoms with Crippen LogP contribution in [0.5, 0.6) is 0 Å². The number of nitrogens with one attached hydrogen (secondary N) is 1. The van der Waals surface area contributed by atoms with Crippen LogP contribution in [0.25, 0.3) is 11.8 Å². The molecule has 0 spiro atoms. The maximum absolute atomic E-state index is 13.1. The highest BCUT2D eigenvalue weighted by Crippen LogP contribution is 2.34. The molecular weight excluding hydrogens is 425 g/mol. The van der Waals surface area contributed by atoms with Gasteiger partial charge in [0.25, 0.3) is 11.8 Å². The van der Waals surface area contributed by atoms with Gasteiger partial charge in [0.15, 0.2) is 0 Å². The number of aryl methyl sites for hydroxylation is 1. The van der Waals surface area contributed by atoms with Crippen molar-refractivity contribution >= 4 is 52.8 Å². The van der Waals surface area contributed by atoms with Crippen LogP contribution in [0, 0.1) is 6.92 Å². The third-order valence-electron chi connectivity index (χ3n) is 4.72. The summed E-state index contributed by atoms with van der Waals surface area (Å²) in [7, 11) is 0. The number of barbiturate groups is 1. The fourth-order valence-corrected chi connectivity index (χ4v) is 3.63. The lowest BCUT2D eigenvalue weighted by Gasteiger charge is -2.27. The number of halogens is 2. The standard InChI is InChI=1S/C22H15Cl2N3O3/c1-13-6-2-3-9-17(13)26-11-5-7-14(26)12-15-20(28)25-22(30)27(21(15)29)18-10-4-8-16(23)19(18)24/h2-12H,1H3,(H,25,28,30)/b15-12+. The number of anilines is 1. The predicted octanol–water partition coefficient (Wildman–Crippen LogP) is 4.76. The highest BCUT2D eigenvalue weighted by molar-refractivity contribution is 6.46. The molecule has 0 aliphatic carbocycles. The zero-order chi connectivity index (χ0) is 21.4. The van der Waals surface area contributed by atoms with Gasteiger partial charge in [0, 0.05) is 17.6 Å². The van der Waals surface area contributed by atoms with Gasteiger partial charge < -0.3 is 4.57 Å². The van der Waals surface area contributed by atoms with Gasteiger partial charge in [-0.25, -0.2) is 9.69 Å². The zero-order valence-corrected chi connectivity index (χ0v) is 17.2. The van der Waals surface area contributed by atoms with E-state index in [-0.39, 0.29) is 21.3 Å². The first kappa shape index (κ1) is 19.9. The fraction of sp³-hybridized carbons (Fsp3) is 0.0455. The number of aromatic nitrogens is 1. The van der Waals surface area contributed by atoms with Crippen LogP contribution in [0.2, 0.25) is 10.0 Å². The zero-order valence-electron chi connectivity index (χ0n) is 15.7. The minimum atomic E-state index is -0.888. The Labute approximate surface area is 182 Å². The molecule has 30 heavy (non-hydrogen) atoms. The van der Waals surface area contributed by atoms with Crippen LogP contribution < -0.4 is 10.2 Å². The molecule has 1 aliphatic heterocycles. The van der Waals surface area contributed by atoms with Gasteiger partial charge in [-0.15, -0.1) is 0 Å². The van der Waals surface area contributed by atoms with E-state index in [0.717, 1.165) is 16.2 Å². The predicted molar refractivity (Wildman–Crippen MR) is 116 cm³/mol. The average molecular weight is 440 g/mol. The second-order valence-electron chi connectivity index (χ2n) is 6.62. The van der Waals surface area contributed by atoms with Gasteiger partial charge >= 0.3 is 6.03 Å². The van der Waals surface area contributed by atoms with E-state index < -0.39 is 17.8 Å². The minimum Gasteiger partial charge on any atom is -0.317 e. The summed E-state index contributed by atoms with van der Waals surface area (Å²) in [6, 6.07) is 15.0. The van der Waals surface area contributed by atoms with Crippen molar-refractivity contribution in [2.24, 2.45) is 0 Å². The van der Waals surface area contributed by atoms with Crippen LogP contribution in [-0.4, -0.2) is 22.4 Å². The van der Waals surface area contributed by atoms with E-state index in [1.807, 2.05) is 42.0 Å². The number of nitrogens with zero attached hydrogens (tertiary/aromatic N) is 2. The number of benzene rings is 2. The molecule has 2 heterocycles. The topological polar surface area (TPSA) is 71.4 Å². The second kappa shape index (κ2) is 7.82. The Hall–Kier alpha value is -3.35. The maximum Gasteiger partial charge on any atom is 0.336 e. The average Bonchev–Trinajstić information content (AvgIpc) is 3.16. The fourth-order valence-electron chi connectivity index (χ4n) is 3.25. The molecule has 4 amide bonds. The number of carbonyl (C=O) groups is 3. The summed E-state index contributed by atoms with van der Waals surface area (Å²) in [5.74, 6) is -1.57. The van der Waals surface area contributed by atoms with E-state index in [1.54, 1.807) is 18.2 Å². The molecule has 2 aromatic carbocycles. The summed E-state index contributed by atoms with van der Waals surface area (Å²) in [6.07, 6.45) is 3.28. The van der Waals surface area contributed by atoms with Crippen LogP contribution in [0.15, 0.2) is 66.4 Å². The Morgan fingerprint density at radius 1 is 0.900 bits per heavy atom. The number of carbonyl (C=O) groups excluding carboxylic acids is 3. The molecular formula is C22H15Cl2N3O3. The molecule has 8 heteroatoms. The van der Waals surface area contributed by atoms with Crippen molar-refractivity contribution in [2.45, 2.75) is 6.92 Å². The summed E-state index contributed by atoms with van der Waals surface area (Å²) in [5.41, 5.74) is 2.44. The molecule has 1 aliphatic rings. The van der Waals surface area contributed by atoms with Crippen LogP contribution in [0.3, 0.4) is 0 Å². The molecule has 0 bridgehead atoms. The lowest BCUT2D eigenvalue weighted by Crippen LogP contribution is -2.54. The molecule has 1 N–H and O–H groups in total. The summed E-state index contributed by atoms with van der Waals surface area (Å²) in [6.45, 7) is 1.96. The Balaban J connectivity index is 1.79. The van der Waals surface area contributed by atoms with Crippen molar-refractivity contribution in [3.05, 3.63) is 87.7 Å². The van der Waals surface area contributed by atoms with Crippen LogP contribution in [-0.2, 0) is 9.59 Å². The van der Waals surface area contributed by atoms with Gasteiger partial charge in [-0.3, -0.25) is 14.9 Å². The summed E-state index contributed by atoms with van der Waals surface area (Å²) in [4.78, 5) is 38.8. The van der Waals surface area contributed by atoms with Crippen LogP contribution in [0.4, 0.5) is 10.5 Å². The highest BCUT2D eigenvalue weighted by atomic mass is 35.5. The van der Waals surface area contributed by atoms with Crippen LogP contribution in [0.1, 0.15) is 11.3 Å². The van der Waals surface area contributed by atoms with Gasteiger partial charge in [0.05, 0.1) is 15.7 Å². The quantitative estimate of drug-likeness (QED) is 0.472. The Morgan fingerprint density at radius 2 is 1.63 bits per heavy atom. The lowest BCUT2D eigenvalue weighted by molar-refractivity contribution is -0.122. The lowest BCUT2D eigenvalue weighted by atomic mass is 10.1. The molecule has 6 nitrogen and oxygen atoms in total. The SMILES string of the molecule is Cc1ccccc1-n1cccc1/C=C1\C(=O)NC(=O)N(c2cccc(Cl)c2Cl)C1=O. The second-order valence-corrected chi connectivity index (χ2v) is 7.41. The van der Waals surface area contributed by atoms with Gasteiger partial charge in [-0.1, -0.05) is 47.5 Å². The first-order valence-electron chi connectivity index (χ1n) is 8.97. The summed E-state index contributed by atoms with van der Waals surface area (Å²) in [5, 5.41) is 2.41. The van der Waals surface area contributed by atoms with Crippen molar-refractivity contribution in [1.29, 1.82) is 0 Å². The largest absolute Gasteiger partial charge is 0.336 e. The third kappa shape index (κ3) is 3.40. The number of rotatable bonds is 3. The number of hydrogen-bond acceptors (Lipinski definition) is 3. The normalized spacial score (nSPS) is 15.6. The molecule has 1 fully saturated rings. The molecule has 1 saturated heterocycles. The van der Waals surface area contributed by atoms with Crippen molar-refractivity contribution in [3.8, 4) is 5.69 Å². The highest BCUT2D eigenvalue weighted by Gasteiger charge is 2.38. The molecule has 3 aromatic rings. The van der Waals surface area contributed by atoms with Gasteiger partial charge in [0.1, 0.15) is 5.57 Å².